The highest BCUT2D eigenvalue weighted by Crippen LogP contribution is 2.54. The van der Waals surface area contributed by atoms with Gasteiger partial charge in [-0.05, 0) is 65.2 Å². The smallest absolute Gasteiger partial charge is 0.166 e. The first-order chi connectivity index (χ1) is 7.65. The number of hydrogen-bond acceptors (Lipinski definition) is 2. The van der Waals surface area contributed by atoms with Gasteiger partial charge < -0.3 is 5.73 Å². The van der Waals surface area contributed by atoms with Gasteiger partial charge in [-0.25, -0.2) is 0 Å². The van der Waals surface area contributed by atoms with Gasteiger partial charge in [0.15, 0.2) is 5.78 Å². The lowest BCUT2D eigenvalue weighted by molar-refractivity contribution is 0.0914. The molecule has 0 spiro atoms. The van der Waals surface area contributed by atoms with Gasteiger partial charge in [-0.3, -0.25) is 4.79 Å². The molecule has 0 saturated heterocycles. The van der Waals surface area contributed by atoms with Crippen LogP contribution in [0.2, 0.25) is 0 Å². The monoisotopic (exact) mass is 279 g/mol. The summed E-state index contributed by atoms with van der Waals surface area (Å²) in [7, 11) is 0. The van der Waals surface area contributed by atoms with Crippen molar-refractivity contribution in [2.45, 2.75) is 19.3 Å². The quantitative estimate of drug-likeness (QED) is 0.667. The van der Waals surface area contributed by atoms with Gasteiger partial charge in [-0.1, -0.05) is 0 Å². The van der Waals surface area contributed by atoms with Gasteiger partial charge >= 0.3 is 0 Å². The summed E-state index contributed by atoms with van der Waals surface area (Å²) in [6.07, 6.45) is 3.56. The van der Waals surface area contributed by atoms with E-state index in [1.807, 2.05) is 12.1 Å². The number of benzene rings is 1. The molecule has 16 heavy (non-hydrogen) atoms. The molecule has 0 aliphatic heterocycles. The molecule has 3 rings (SSSR count). The maximum atomic E-state index is 12.2. The minimum absolute atomic E-state index is 0.263. The lowest BCUT2D eigenvalue weighted by atomic mass is 9.93. The second-order valence-corrected chi connectivity index (χ2v) is 5.88. The first-order valence-electron chi connectivity index (χ1n) is 5.74. The molecular weight excluding hydrogens is 266 g/mol. The molecule has 0 heterocycles. The lowest BCUT2D eigenvalue weighted by Gasteiger charge is -2.11. The Balaban J connectivity index is 1.80. The van der Waals surface area contributed by atoms with Crippen LogP contribution in [-0.4, -0.2) is 5.78 Å². The van der Waals surface area contributed by atoms with Crippen LogP contribution in [0.1, 0.15) is 29.6 Å². The van der Waals surface area contributed by atoms with E-state index in [9.17, 15) is 4.79 Å². The highest BCUT2D eigenvalue weighted by Gasteiger charge is 2.47. The molecule has 2 saturated carbocycles. The molecule has 1 aromatic rings. The Bertz CT molecular complexity index is 447. The van der Waals surface area contributed by atoms with Crippen LogP contribution in [-0.2, 0) is 0 Å². The molecule has 2 nitrogen and oxygen atoms in total. The number of anilines is 1. The van der Waals surface area contributed by atoms with Crippen LogP contribution < -0.4 is 5.73 Å². The average molecular weight is 280 g/mol. The largest absolute Gasteiger partial charge is 0.398 e. The van der Waals surface area contributed by atoms with E-state index in [1.165, 1.54) is 6.42 Å². The van der Waals surface area contributed by atoms with Crippen LogP contribution in [0, 0.1) is 17.8 Å². The summed E-state index contributed by atoms with van der Waals surface area (Å²) in [5, 5.41) is 0. The third-order valence-corrected chi connectivity index (χ3v) is 4.59. The van der Waals surface area contributed by atoms with Gasteiger partial charge in [0.2, 0.25) is 0 Å². The first-order valence-corrected chi connectivity index (χ1v) is 6.53. The van der Waals surface area contributed by atoms with E-state index in [-0.39, 0.29) is 5.92 Å². The molecule has 2 aliphatic carbocycles. The van der Waals surface area contributed by atoms with E-state index < -0.39 is 0 Å². The van der Waals surface area contributed by atoms with Crippen molar-refractivity contribution in [3.8, 4) is 0 Å². The van der Waals surface area contributed by atoms with Crippen molar-refractivity contribution in [2.75, 3.05) is 5.73 Å². The summed E-state index contributed by atoms with van der Waals surface area (Å²) in [4.78, 5) is 12.2. The zero-order chi connectivity index (χ0) is 11.3. The summed E-state index contributed by atoms with van der Waals surface area (Å²) in [5.74, 6) is 2.27. The van der Waals surface area contributed by atoms with E-state index in [0.29, 0.717) is 11.5 Å². The minimum atomic E-state index is 0.263. The Labute approximate surface area is 103 Å². The van der Waals surface area contributed by atoms with Crippen LogP contribution in [0.25, 0.3) is 0 Å². The molecule has 2 N–H and O–H groups in total. The van der Waals surface area contributed by atoms with E-state index in [1.54, 1.807) is 6.07 Å². The van der Waals surface area contributed by atoms with Gasteiger partial charge in [0.25, 0.3) is 0 Å². The predicted octanol–water partition coefficient (Wildman–Crippen LogP) is 3.26. The maximum Gasteiger partial charge on any atom is 0.166 e. The van der Waals surface area contributed by atoms with Gasteiger partial charge in [0, 0.05) is 21.6 Å². The summed E-state index contributed by atoms with van der Waals surface area (Å²) < 4.78 is 0.821. The molecule has 0 radical (unpaired) electrons. The van der Waals surface area contributed by atoms with Crippen LogP contribution >= 0.6 is 15.9 Å². The molecule has 2 unspecified atom stereocenters. The zero-order valence-electron chi connectivity index (χ0n) is 8.95. The van der Waals surface area contributed by atoms with Crippen LogP contribution in [0.15, 0.2) is 22.7 Å². The minimum Gasteiger partial charge on any atom is -0.398 e. The third kappa shape index (κ3) is 1.67. The van der Waals surface area contributed by atoms with Crippen molar-refractivity contribution in [1.82, 2.24) is 0 Å². The normalized spacial score (nSPS) is 31.2. The number of carbonyl (C=O) groups is 1. The molecular formula is C13H14BrNO. The van der Waals surface area contributed by atoms with E-state index in [0.717, 1.165) is 34.7 Å². The van der Waals surface area contributed by atoms with Gasteiger partial charge in [-0.15, -0.1) is 0 Å². The molecule has 1 aromatic carbocycles. The first kappa shape index (κ1) is 10.3. The number of nitrogen functional groups attached to an aromatic ring is 1. The fourth-order valence-electron chi connectivity index (χ4n) is 2.84. The topological polar surface area (TPSA) is 43.1 Å². The predicted molar refractivity (Wildman–Crippen MR) is 67.2 cm³/mol. The number of Topliss-reactive ketones (excluding diaryl/α,β-unsaturated/α-hetero) is 1. The Hall–Kier alpha value is -0.830. The maximum absolute atomic E-state index is 12.2. The van der Waals surface area contributed by atoms with E-state index in [4.69, 9.17) is 5.73 Å². The molecule has 2 atom stereocenters. The van der Waals surface area contributed by atoms with Crippen molar-refractivity contribution in [3.63, 3.8) is 0 Å². The number of nitrogens with two attached hydrogens (primary N) is 1. The highest BCUT2D eigenvalue weighted by atomic mass is 79.9. The zero-order valence-corrected chi connectivity index (χ0v) is 10.5. The van der Waals surface area contributed by atoms with Gasteiger partial charge in [0.1, 0.15) is 0 Å². The van der Waals surface area contributed by atoms with Gasteiger partial charge in [0.05, 0.1) is 0 Å². The summed E-state index contributed by atoms with van der Waals surface area (Å²) in [6, 6.07) is 5.49. The summed E-state index contributed by atoms with van der Waals surface area (Å²) in [6.45, 7) is 0. The second kappa shape index (κ2) is 3.59. The van der Waals surface area contributed by atoms with Crippen molar-refractivity contribution >= 4 is 27.4 Å². The van der Waals surface area contributed by atoms with Crippen LogP contribution in [0.5, 0.6) is 0 Å². The number of hydrogen-bond donors (Lipinski definition) is 1. The summed E-state index contributed by atoms with van der Waals surface area (Å²) in [5.41, 5.74) is 7.20. The van der Waals surface area contributed by atoms with Gasteiger partial charge in [-0.2, -0.15) is 0 Å². The van der Waals surface area contributed by atoms with E-state index >= 15 is 0 Å². The third-order valence-electron chi connectivity index (χ3n) is 3.90. The number of carbonyl (C=O) groups excluding carboxylic acids is 1. The molecule has 3 heteroatoms. The Morgan fingerprint density at radius 3 is 2.56 bits per heavy atom. The highest BCUT2D eigenvalue weighted by molar-refractivity contribution is 9.10. The Morgan fingerprint density at radius 2 is 1.94 bits per heavy atom. The Morgan fingerprint density at radius 1 is 1.25 bits per heavy atom. The average Bonchev–Trinajstić information content (AvgIpc) is 2.89. The van der Waals surface area contributed by atoms with Crippen molar-refractivity contribution in [2.24, 2.45) is 17.8 Å². The fourth-order valence-corrected chi connectivity index (χ4v) is 3.22. The van der Waals surface area contributed by atoms with Crippen molar-refractivity contribution in [1.29, 1.82) is 0 Å². The second-order valence-electron chi connectivity index (χ2n) is 5.02. The number of rotatable bonds is 2. The van der Waals surface area contributed by atoms with E-state index in [2.05, 4.69) is 15.9 Å². The van der Waals surface area contributed by atoms with Crippen molar-refractivity contribution in [3.05, 3.63) is 28.2 Å². The fraction of sp³-hybridized carbons (Fsp3) is 0.462. The molecule has 0 amide bonds. The molecule has 2 aliphatic rings. The van der Waals surface area contributed by atoms with Crippen LogP contribution in [0.4, 0.5) is 5.69 Å². The number of ketones is 1. The number of fused-ring (bicyclic) bond motifs is 1. The standard InChI is InChI=1S/C13H14BrNO/c14-11-6-7(1-2-12(11)15)13(16)10-4-8-3-9(8)5-10/h1-2,6,8-10H,3-5,15H2. The lowest BCUT2D eigenvalue weighted by Crippen LogP contribution is -2.13. The molecule has 0 bridgehead atoms. The SMILES string of the molecule is Nc1ccc(C(=O)C2CC3CC3C2)cc1Br. The van der Waals surface area contributed by atoms with Crippen molar-refractivity contribution < 1.29 is 4.79 Å². The van der Waals surface area contributed by atoms with Crippen LogP contribution in [0.3, 0.4) is 0 Å². The molecule has 2 fully saturated rings. The molecule has 0 aromatic heterocycles. The summed E-state index contributed by atoms with van der Waals surface area (Å²) >= 11 is 3.37. The number of halogens is 1. The Kier molecular flexibility index (Phi) is 2.32. The molecule has 84 valence electrons.